The SMILES string of the molecule is CC1COCCN1c1cc(NCC2CCC(F)(F)CC2)nc(-c2ccnc3[nH]ccc23)n1. The van der Waals surface area contributed by atoms with E-state index in [0.717, 1.165) is 29.0 Å². The highest BCUT2D eigenvalue weighted by molar-refractivity contribution is 5.91. The molecule has 0 amide bonds. The van der Waals surface area contributed by atoms with Crippen LogP contribution in [0.2, 0.25) is 0 Å². The molecule has 5 rings (SSSR count). The second kappa shape index (κ2) is 8.61. The summed E-state index contributed by atoms with van der Waals surface area (Å²) in [5, 5.41) is 4.37. The zero-order valence-electron chi connectivity index (χ0n) is 18.2. The van der Waals surface area contributed by atoms with Gasteiger partial charge in [0.25, 0.3) is 0 Å². The average molecular weight is 443 g/mol. The van der Waals surface area contributed by atoms with Gasteiger partial charge in [-0.15, -0.1) is 0 Å². The predicted octanol–water partition coefficient (Wildman–Crippen LogP) is 4.48. The van der Waals surface area contributed by atoms with Gasteiger partial charge < -0.3 is 19.9 Å². The Labute approximate surface area is 185 Å². The summed E-state index contributed by atoms with van der Waals surface area (Å²) in [6.45, 7) is 4.80. The number of pyridine rings is 1. The van der Waals surface area contributed by atoms with Crippen molar-refractivity contribution < 1.29 is 13.5 Å². The van der Waals surface area contributed by atoms with Crippen molar-refractivity contribution in [3.8, 4) is 11.4 Å². The van der Waals surface area contributed by atoms with E-state index >= 15 is 0 Å². The second-order valence-electron chi connectivity index (χ2n) is 8.83. The molecule has 1 saturated heterocycles. The topological polar surface area (TPSA) is 79.0 Å². The normalized spacial score (nSPS) is 21.7. The summed E-state index contributed by atoms with van der Waals surface area (Å²) < 4.78 is 32.6. The van der Waals surface area contributed by atoms with Crippen molar-refractivity contribution in [3.05, 3.63) is 30.6 Å². The van der Waals surface area contributed by atoms with Crippen molar-refractivity contribution >= 4 is 22.7 Å². The Morgan fingerprint density at radius 3 is 2.91 bits per heavy atom. The summed E-state index contributed by atoms with van der Waals surface area (Å²) in [5.41, 5.74) is 1.69. The quantitative estimate of drug-likeness (QED) is 0.607. The van der Waals surface area contributed by atoms with Gasteiger partial charge in [0.2, 0.25) is 5.92 Å². The first-order chi connectivity index (χ1) is 15.5. The van der Waals surface area contributed by atoms with Crippen LogP contribution in [-0.4, -0.2) is 58.2 Å². The average Bonchev–Trinajstić information content (AvgIpc) is 3.27. The number of morpholine rings is 1. The molecule has 0 aromatic carbocycles. The molecule has 7 nitrogen and oxygen atoms in total. The largest absolute Gasteiger partial charge is 0.377 e. The number of hydrogen-bond donors (Lipinski definition) is 2. The molecule has 1 saturated carbocycles. The van der Waals surface area contributed by atoms with E-state index in [0.29, 0.717) is 44.2 Å². The van der Waals surface area contributed by atoms with E-state index in [9.17, 15) is 8.78 Å². The Hall–Kier alpha value is -2.81. The highest BCUT2D eigenvalue weighted by atomic mass is 19.3. The molecule has 9 heteroatoms. The molecule has 1 aliphatic carbocycles. The lowest BCUT2D eigenvalue weighted by atomic mass is 9.87. The molecule has 0 spiro atoms. The molecule has 3 aromatic heterocycles. The number of aromatic nitrogens is 4. The zero-order chi connectivity index (χ0) is 22.1. The summed E-state index contributed by atoms with van der Waals surface area (Å²) in [4.78, 5) is 19.4. The fourth-order valence-corrected chi connectivity index (χ4v) is 4.57. The lowest BCUT2D eigenvalue weighted by Crippen LogP contribution is -2.44. The third-order valence-corrected chi connectivity index (χ3v) is 6.48. The molecular formula is C23H28F2N6O. The Morgan fingerprint density at radius 2 is 2.09 bits per heavy atom. The molecule has 4 heterocycles. The van der Waals surface area contributed by atoms with Crippen LogP contribution in [0, 0.1) is 5.92 Å². The lowest BCUT2D eigenvalue weighted by molar-refractivity contribution is -0.0443. The molecule has 2 N–H and O–H groups in total. The molecule has 1 atom stereocenters. The minimum absolute atomic E-state index is 0.0343. The maximum atomic E-state index is 13.5. The van der Waals surface area contributed by atoms with Gasteiger partial charge in [-0.05, 0) is 37.8 Å². The standard InChI is InChI=1S/C23H28F2N6O/c1-15-14-32-11-10-31(15)20-12-19(28-13-16-2-6-23(24,25)7-3-16)29-22(30-20)18-5-9-27-21-17(18)4-8-26-21/h4-5,8-9,12,15-16H,2-3,6-7,10-11,13-14H2,1H3,(H,26,27)(H,28,29,30). The smallest absolute Gasteiger partial charge is 0.248 e. The lowest BCUT2D eigenvalue weighted by Gasteiger charge is -2.34. The summed E-state index contributed by atoms with van der Waals surface area (Å²) in [5.74, 6) is -0.130. The minimum atomic E-state index is -2.51. The van der Waals surface area contributed by atoms with E-state index in [1.165, 1.54) is 0 Å². The fraction of sp³-hybridized carbons (Fsp3) is 0.522. The van der Waals surface area contributed by atoms with Crippen LogP contribution in [0.15, 0.2) is 30.6 Å². The van der Waals surface area contributed by atoms with Gasteiger partial charge in [-0.25, -0.2) is 23.7 Å². The van der Waals surface area contributed by atoms with Crippen LogP contribution in [-0.2, 0) is 4.74 Å². The Morgan fingerprint density at radius 1 is 1.25 bits per heavy atom. The highest BCUT2D eigenvalue weighted by Crippen LogP contribution is 2.36. The van der Waals surface area contributed by atoms with E-state index in [1.807, 2.05) is 24.4 Å². The fourth-order valence-electron chi connectivity index (χ4n) is 4.57. The first-order valence-electron chi connectivity index (χ1n) is 11.3. The third kappa shape index (κ3) is 4.39. The maximum absolute atomic E-state index is 13.5. The number of hydrogen-bond acceptors (Lipinski definition) is 6. The van der Waals surface area contributed by atoms with E-state index in [1.54, 1.807) is 6.20 Å². The van der Waals surface area contributed by atoms with Gasteiger partial charge in [0, 0.05) is 55.3 Å². The number of nitrogens with zero attached hydrogens (tertiary/aromatic N) is 4. The third-order valence-electron chi connectivity index (χ3n) is 6.48. The van der Waals surface area contributed by atoms with Crippen LogP contribution in [0.4, 0.5) is 20.4 Å². The summed E-state index contributed by atoms with van der Waals surface area (Å²) in [7, 11) is 0. The van der Waals surface area contributed by atoms with Crippen LogP contribution in [0.1, 0.15) is 32.6 Å². The van der Waals surface area contributed by atoms with E-state index in [-0.39, 0.29) is 24.8 Å². The summed E-state index contributed by atoms with van der Waals surface area (Å²) in [6, 6.07) is 6.05. The van der Waals surface area contributed by atoms with Crippen molar-refractivity contribution in [1.29, 1.82) is 0 Å². The minimum Gasteiger partial charge on any atom is -0.377 e. The Bertz CT molecular complexity index is 1080. The molecule has 0 bridgehead atoms. The first kappa shape index (κ1) is 21.1. The molecule has 170 valence electrons. The molecule has 32 heavy (non-hydrogen) atoms. The number of aromatic amines is 1. The number of H-pyrrole nitrogens is 1. The van der Waals surface area contributed by atoms with Crippen LogP contribution < -0.4 is 10.2 Å². The van der Waals surface area contributed by atoms with E-state index in [4.69, 9.17) is 14.7 Å². The monoisotopic (exact) mass is 442 g/mol. The Balaban J connectivity index is 1.45. The van der Waals surface area contributed by atoms with Crippen molar-refractivity contribution in [3.63, 3.8) is 0 Å². The summed E-state index contributed by atoms with van der Waals surface area (Å²) in [6.07, 6.45) is 4.59. The van der Waals surface area contributed by atoms with Gasteiger partial charge in [-0.3, -0.25) is 0 Å². The van der Waals surface area contributed by atoms with Gasteiger partial charge in [0.05, 0.1) is 19.3 Å². The van der Waals surface area contributed by atoms with Crippen molar-refractivity contribution in [2.24, 2.45) is 5.92 Å². The van der Waals surface area contributed by atoms with Gasteiger partial charge in [-0.1, -0.05) is 0 Å². The second-order valence-corrected chi connectivity index (χ2v) is 8.83. The highest BCUT2D eigenvalue weighted by Gasteiger charge is 2.34. The van der Waals surface area contributed by atoms with Gasteiger partial charge in [0.1, 0.15) is 17.3 Å². The predicted molar refractivity (Wildman–Crippen MR) is 120 cm³/mol. The van der Waals surface area contributed by atoms with E-state index in [2.05, 4.69) is 27.1 Å². The van der Waals surface area contributed by atoms with Crippen molar-refractivity contribution in [2.45, 2.75) is 44.6 Å². The molecule has 1 unspecified atom stereocenters. The maximum Gasteiger partial charge on any atom is 0.248 e. The number of halogens is 2. The van der Waals surface area contributed by atoms with Crippen LogP contribution >= 0.6 is 0 Å². The van der Waals surface area contributed by atoms with Crippen LogP contribution in [0.25, 0.3) is 22.4 Å². The zero-order valence-corrected chi connectivity index (χ0v) is 18.2. The van der Waals surface area contributed by atoms with Gasteiger partial charge in [-0.2, -0.15) is 0 Å². The van der Waals surface area contributed by atoms with Crippen molar-refractivity contribution in [1.82, 2.24) is 19.9 Å². The van der Waals surface area contributed by atoms with Crippen LogP contribution in [0.5, 0.6) is 0 Å². The number of anilines is 2. The number of alkyl halides is 2. The van der Waals surface area contributed by atoms with Crippen LogP contribution in [0.3, 0.4) is 0 Å². The molecular weight excluding hydrogens is 414 g/mol. The number of nitrogens with one attached hydrogen (secondary N) is 2. The van der Waals surface area contributed by atoms with Gasteiger partial charge in [0.15, 0.2) is 5.82 Å². The molecule has 1 aliphatic heterocycles. The number of rotatable bonds is 5. The Kier molecular flexibility index (Phi) is 5.67. The first-order valence-corrected chi connectivity index (χ1v) is 11.3. The molecule has 3 aromatic rings. The number of ether oxygens (including phenoxy) is 1. The molecule has 2 fully saturated rings. The van der Waals surface area contributed by atoms with Gasteiger partial charge >= 0.3 is 0 Å². The molecule has 0 radical (unpaired) electrons. The summed E-state index contributed by atoms with van der Waals surface area (Å²) >= 11 is 0. The van der Waals surface area contributed by atoms with Crippen molar-refractivity contribution in [2.75, 3.05) is 36.5 Å². The number of fused-ring (bicyclic) bond motifs is 1. The van der Waals surface area contributed by atoms with E-state index < -0.39 is 5.92 Å². The molecule has 2 aliphatic rings.